The van der Waals surface area contributed by atoms with E-state index in [0.29, 0.717) is 0 Å². The van der Waals surface area contributed by atoms with E-state index in [9.17, 15) is 0 Å². The highest BCUT2D eigenvalue weighted by molar-refractivity contribution is 6.70. The lowest BCUT2D eigenvalue weighted by molar-refractivity contribution is 1.10. The van der Waals surface area contributed by atoms with Crippen LogP contribution in [-0.2, 0) is 0 Å². The molecule has 0 saturated heterocycles. The third kappa shape index (κ3) is 6.44. The minimum Gasteiger partial charge on any atom is -0.292 e. The Labute approximate surface area is 380 Å². The number of fused-ring (bicyclic) bond motifs is 3. The molecule has 0 atom stereocenters. The summed E-state index contributed by atoms with van der Waals surface area (Å²) in [5.74, 6) is 0.927. The number of rotatable bonds is 6. The molecule has 0 unspecified atom stereocenters. The van der Waals surface area contributed by atoms with Crippen LogP contribution in [0.4, 0.5) is 0 Å². The third-order valence-corrected chi connectivity index (χ3v) is 14.7. The van der Waals surface area contributed by atoms with Gasteiger partial charge in [-0.05, 0) is 109 Å². The van der Waals surface area contributed by atoms with Crippen LogP contribution in [0.3, 0.4) is 0 Å². The smallest absolute Gasteiger partial charge is 0.146 e. The van der Waals surface area contributed by atoms with Crippen LogP contribution in [0.15, 0.2) is 146 Å². The summed E-state index contributed by atoms with van der Waals surface area (Å²) in [5.41, 5.74) is 28.0. The van der Waals surface area contributed by atoms with Crippen molar-refractivity contribution in [1.29, 1.82) is 0 Å². The Morgan fingerprint density at radius 1 is 0.317 bits per heavy atom. The number of aromatic nitrogens is 2. The first-order chi connectivity index (χ1) is 30.5. The molecule has 0 N–H and O–H groups in total. The second kappa shape index (κ2) is 15.8. The summed E-state index contributed by atoms with van der Waals surface area (Å²) < 4.78 is 2.32. The summed E-state index contributed by atoms with van der Waals surface area (Å²) in [6, 6.07) is 53.5. The van der Waals surface area contributed by atoms with E-state index >= 15 is 0 Å². The van der Waals surface area contributed by atoms with Gasteiger partial charge in [0.25, 0.3) is 0 Å². The van der Waals surface area contributed by atoms with Gasteiger partial charge in [0, 0.05) is 11.3 Å². The summed E-state index contributed by atoms with van der Waals surface area (Å²) in [7, 11) is 23.0. The fourth-order valence-electron chi connectivity index (χ4n) is 10.6. The fourth-order valence-corrected chi connectivity index (χ4v) is 10.6. The molecule has 1 heterocycles. The Morgan fingerprint density at radius 2 is 0.683 bits per heavy atom. The van der Waals surface area contributed by atoms with Crippen molar-refractivity contribution >= 4 is 166 Å². The maximum absolute atomic E-state index is 5.37. The van der Waals surface area contributed by atoms with Gasteiger partial charge in [0.2, 0.25) is 0 Å². The van der Waals surface area contributed by atoms with E-state index in [4.69, 9.17) is 4.98 Å². The molecule has 9 aromatic carbocycles. The van der Waals surface area contributed by atoms with Gasteiger partial charge in [-0.15, -0.1) is 32.8 Å². The van der Waals surface area contributed by atoms with Crippen LogP contribution in [0.1, 0.15) is 0 Å². The molecule has 0 saturated carbocycles. The average molecular weight is 793 g/mol. The van der Waals surface area contributed by atoms with Gasteiger partial charge >= 0.3 is 0 Å². The Kier molecular flexibility index (Phi) is 10.2. The van der Waals surface area contributed by atoms with E-state index in [0.717, 1.165) is 33.7 Å². The number of nitrogens with zero attached hydrogens (tertiary/aromatic N) is 2. The van der Waals surface area contributed by atoms with Crippen LogP contribution < -0.4 is 54.6 Å². The highest BCUT2D eigenvalue weighted by Crippen LogP contribution is 2.47. The second-order valence-electron chi connectivity index (χ2n) is 17.8. The molecule has 0 amide bonds. The fraction of sp³-hybridized carbons (Fsp3) is 0. The van der Waals surface area contributed by atoms with E-state index in [-0.39, 0.29) is 0 Å². The average Bonchev–Trinajstić information content (AvgIpc) is 3.70. The van der Waals surface area contributed by atoms with Crippen molar-refractivity contribution in [3.8, 4) is 61.6 Å². The molecule has 288 valence electrons. The number of para-hydroxylation sites is 3. The van der Waals surface area contributed by atoms with Gasteiger partial charge in [0.05, 0.1) is 11.0 Å². The molecule has 0 bridgehead atoms. The van der Waals surface area contributed by atoms with Crippen LogP contribution in [0.25, 0.3) is 94.2 Å². The Bertz CT molecular complexity index is 3320. The molecule has 63 heavy (non-hydrogen) atoms. The quantitative estimate of drug-likeness (QED) is 0.125. The Balaban J connectivity index is 1.31. The minimum atomic E-state index is 0.927. The summed E-state index contributed by atoms with van der Waals surface area (Å²) in [4.78, 5) is 5.37. The van der Waals surface area contributed by atoms with E-state index < -0.39 is 0 Å². The summed E-state index contributed by atoms with van der Waals surface area (Å²) in [6.07, 6.45) is 0. The largest absolute Gasteiger partial charge is 0.292 e. The van der Waals surface area contributed by atoms with Crippen molar-refractivity contribution in [2.75, 3.05) is 0 Å². The molecule has 1 aromatic heterocycles. The zero-order valence-electron chi connectivity index (χ0n) is 38.3. The van der Waals surface area contributed by atoms with Crippen LogP contribution in [0.5, 0.6) is 0 Å². The molecule has 2 nitrogen and oxygen atoms in total. The lowest BCUT2D eigenvalue weighted by atomic mass is 9.59. The van der Waals surface area contributed by atoms with Gasteiger partial charge in [-0.2, -0.15) is 0 Å². The van der Waals surface area contributed by atoms with Gasteiger partial charge in [-0.25, -0.2) is 4.98 Å². The predicted molar refractivity (Wildman–Crippen MR) is 305 cm³/mol. The molecular weight excluding hydrogens is 749 g/mol. The molecule has 0 spiro atoms. The lowest BCUT2D eigenvalue weighted by Gasteiger charge is -2.25. The lowest BCUT2D eigenvalue weighted by Crippen LogP contribution is -2.55. The van der Waals surface area contributed by atoms with Crippen LogP contribution in [0.2, 0.25) is 0 Å². The third-order valence-electron chi connectivity index (χ3n) is 14.7. The predicted octanol–water partition coefficient (Wildman–Crippen LogP) is -3.75. The normalized spacial score (nSPS) is 11.5. The molecule has 0 fully saturated rings. The van der Waals surface area contributed by atoms with Crippen molar-refractivity contribution in [3.63, 3.8) is 0 Å². The number of imidazole rings is 1. The summed E-state index contributed by atoms with van der Waals surface area (Å²) in [6.45, 7) is 0. The monoisotopic (exact) mass is 794 g/mol. The van der Waals surface area contributed by atoms with Crippen LogP contribution in [0, 0.1) is 0 Å². The first kappa shape index (κ1) is 40.7. The van der Waals surface area contributed by atoms with Gasteiger partial charge < -0.3 is 0 Å². The van der Waals surface area contributed by atoms with E-state index in [2.05, 4.69) is 229 Å². The van der Waals surface area contributed by atoms with Crippen molar-refractivity contribution in [2.45, 2.75) is 0 Å². The zero-order chi connectivity index (χ0) is 43.8. The number of hydrogen-bond acceptors (Lipinski definition) is 1. The number of benzene rings is 9. The molecule has 10 aromatic rings. The summed E-state index contributed by atoms with van der Waals surface area (Å²) >= 11 is 0. The van der Waals surface area contributed by atoms with Crippen molar-refractivity contribution < 1.29 is 0 Å². The van der Waals surface area contributed by atoms with E-state index in [1.165, 1.54) is 115 Å². The number of hydrogen-bond donors (Lipinski definition) is 0. The van der Waals surface area contributed by atoms with Crippen LogP contribution >= 0.6 is 0 Å². The molecule has 0 aliphatic carbocycles. The molecular formula is C51H44B10N2. The maximum Gasteiger partial charge on any atom is 0.146 e. The topological polar surface area (TPSA) is 17.8 Å². The van der Waals surface area contributed by atoms with Gasteiger partial charge in [0.15, 0.2) is 0 Å². The zero-order valence-corrected chi connectivity index (χ0v) is 38.3. The Morgan fingerprint density at radius 3 is 1.17 bits per heavy atom. The van der Waals surface area contributed by atoms with Gasteiger partial charge in [-0.1, -0.05) is 125 Å². The SMILES string of the molecule is Bc1c(B)c(B)c(-c2cc(-c3c(B)c(B)c(B)c(B)c3B)cc(-c3c4ccccc4c(-c4ccccc4-c4nc5ccccc5n4-c4ccccc4)c4ccccc34)c2)c(B)c1B. The Hall–Kier alpha value is -6.38. The van der Waals surface area contributed by atoms with E-state index in [1.54, 1.807) is 0 Å². The van der Waals surface area contributed by atoms with Crippen LogP contribution in [-0.4, -0.2) is 88.0 Å². The highest BCUT2D eigenvalue weighted by atomic mass is 15.1. The van der Waals surface area contributed by atoms with Gasteiger partial charge in [-0.3, -0.25) is 4.57 Å². The second-order valence-corrected chi connectivity index (χ2v) is 17.8. The molecule has 10 rings (SSSR count). The van der Waals surface area contributed by atoms with Crippen molar-refractivity contribution in [3.05, 3.63) is 146 Å². The summed E-state index contributed by atoms with van der Waals surface area (Å²) in [5, 5.41) is 4.90. The maximum atomic E-state index is 5.37. The highest BCUT2D eigenvalue weighted by Gasteiger charge is 2.24. The van der Waals surface area contributed by atoms with E-state index in [1.807, 2.05) is 0 Å². The van der Waals surface area contributed by atoms with Gasteiger partial charge in [0.1, 0.15) is 84.3 Å². The molecule has 0 aliphatic rings. The minimum absolute atomic E-state index is 0.927. The van der Waals surface area contributed by atoms with Crippen molar-refractivity contribution in [1.82, 2.24) is 9.55 Å². The van der Waals surface area contributed by atoms with Crippen molar-refractivity contribution in [2.24, 2.45) is 0 Å². The first-order valence-electron chi connectivity index (χ1n) is 22.3. The molecule has 0 aliphatic heterocycles. The molecule has 12 heteroatoms. The first-order valence-corrected chi connectivity index (χ1v) is 22.3. The standard InChI is InChI=1S/C51H44B10N2/c52-41-38(42(53)46(57)49(60)45(41)56)26-22-25(23-27(24-26)39-43(54)47(58)50(61)48(59)44(39)55)37-29-14-4-6-16-31(29)40(32-17-7-5-15-30(32)37)33-18-8-9-19-34(33)51-62-35-20-10-11-21-36(35)63(51)28-12-2-1-3-13-28/h1-24H,52-61H2. The molecule has 0 radical (unpaired) electrons.